The first-order valence-electron chi connectivity index (χ1n) is 10.0. The van der Waals surface area contributed by atoms with Gasteiger partial charge in [-0.3, -0.25) is 0 Å². The van der Waals surface area contributed by atoms with E-state index in [2.05, 4.69) is 19.6 Å². The summed E-state index contributed by atoms with van der Waals surface area (Å²) in [6.45, 7) is 1.25. The summed E-state index contributed by atoms with van der Waals surface area (Å²) in [5.41, 5.74) is 1.30. The van der Waals surface area contributed by atoms with Gasteiger partial charge in [-0.15, -0.1) is 0 Å². The van der Waals surface area contributed by atoms with Crippen LogP contribution in [-0.4, -0.2) is 37.5 Å². The van der Waals surface area contributed by atoms with Crippen LogP contribution in [0.2, 0.25) is 0 Å². The van der Waals surface area contributed by atoms with Crippen molar-refractivity contribution in [3.05, 3.63) is 47.4 Å². The van der Waals surface area contributed by atoms with E-state index in [1.54, 1.807) is 6.33 Å². The van der Waals surface area contributed by atoms with Crippen LogP contribution in [0.15, 0.2) is 35.5 Å². The molecule has 0 unspecified atom stereocenters. The maximum absolute atomic E-state index is 12.9. The maximum atomic E-state index is 12.9. The van der Waals surface area contributed by atoms with Crippen molar-refractivity contribution in [3.63, 3.8) is 0 Å². The quantitative estimate of drug-likeness (QED) is 0.790. The highest BCUT2D eigenvalue weighted by molar-refractivity contribution is 7.89. The monoisotopic (exact) mass is 440 g/mol. The topological polar surface area (TPSA) is 75.2 Å². The third-order valence-electron chi connectivity index (χ3n) is 5.69. The number of piperidine rings is 1. The molecule has 0 atom stereocenters. The van der Waals surface area contributed by atoms with E-state index in [4.69, 9.17) is 0 Å². The second kappa shape index (κ2) is 8.14. The Kier molecular flexibility index (Phi) is 5.71. The molecule has 6 nitrogen and oxygen atoms in total. The SMILES string of the molecule is O=S(=O)(NC1CCN(c2ncnc3c2CCCC3)CC1)c1cccc(C(F)(F)F)c1. The van der Waals surface area contributed by atoms with Crippen LogP contribution in [0.3, 0.4) is 0 Å². The predicted molar refractivity (Wildman–Crippen MR) is 106 cm³/mol. The molecule has 1 fully saturated rings. The molecule has 1 aliphatic carbocycles. The lowest BCUT2D eigenvalue weighted by atomic mass is 9.95. The molecule has 1 saturated heterocycles. The van der Waals surface area contributed by atoms with Crippen LogP contribution in [0.25, 0.3) is 0 Å². The number of nitrogens with one attached hydrogen (secondary N) is 1. The van der Waals surface area contributed by atoms with Gasteiger partial charge in [0.15, 0.2) is 0 Å². The number of sulfonamides is 1. The molecule has 1 aromatic heterocycles. The van der Waals surface area contributed by atoms with Crippen LogP contribution in [0.4, 0.5) is 19.0 Å². The fraction of sp³-hybridized carbons (Fsp3) is 0.500. The van der Waals surface area contributed by atoms with E-state index in [-0.39, 0.29) is 10.9 Å². The van der Waals surface area contributed by atoms with Gasteiger partial charge in [0.1, 0.15) is 12.1 Å². The van der Waals surface area contributed by atoms with Crippen LogP contribution >= 0.6 is 0 Å². The number of aryl methyl sites for hydroxylation is 1. The van der Waals surface area contributed by atoms with Crippen LogP contribution < -0.4 is 9.62 Å². The molecular weight excluding hydrogens is 417 g/mol. The van der Waals surface area contributed by atoms with Crippen molar-refractivity contribution in [1.82, 2.24) is 14.7 Å². The minimum absolute atomic E-state index is 0.335. The summed E-state index contributed by atoms with van der Waals surface area (Å²) in [6.07, 6.45) is 2.25. The second-order valence-corrected chi connectivity index (χ2v) is 9.45. The van der Waals surface area contributed by atoms with Crippen molar-refractivity contribution in [2.24, 2.45) is 0 Å². The smallest absolute Gasteiger partial charge is 0.356 e. The van der Waals surface area contributed by atoms with Gasteiger partial charge >= 0.3 is 6.18 Å². The zero-order valence-electron chi connectivity index (χ0n) is 16.3. The molecule has 0 bridgehead atoms. The molecule has 2 heterocycles. The van der Waals surface area contributed by atoms with Gasteiger partial charge in [0.05, 0.1) is 10.5 Å². The molecule has 0 spiro atoms. The highest BCUT2D eigenvalue weighted by atomic mass is 32.2. The molecule has 2 aromatic rings. The Morgan fingerprint density at radius 3 is 2.53 bits per heavy atom. The standard InChI is InChI=1S/C20H23F3N4O2S/c21-20(22,23)14-4-3-5-16(12-14)30(28,29)26-15-8-10-27(11-9-15)19-17-6-1-2-7-18(17)24-13-25-19/h3-5,12-13,15,26H,1-2,6-11H2. The van der Waals surface area contributed by atoms with E-state index in [9.17, 15) is 21.6 Å². The molecule has 4 rings (SSSR count). The number of benzene rings is 1. The number of fused-ring (bicyclic) bond motifs is 1. The Morgan fingerprint density at radius 2 is 1.80 bits per heavy atom. The van der Waals surface area contributed by atoms with Gasteiger partial charge in [-0.2, -0.15) is 13.2 Å². The molecule has 30 heavy (non-hydrogen) atoms. The maximum Gasteiger partial charge on any atom is 0.416 e. The number of halogens is 3. The van der Waals surface area contributed by atoms with Crippen LogP contribution in [0, 0.1) is 0 Å². The van der Waals surface area contributed by atoms with E-state index in [0.717, 1.165) is 49.3 Å². The molecular formula is C20H23F3N4O2S. The normalized spacial score (nSPS) is 18.3. The predicted octanol–water partition coefficient (Wildman–Crippen LogP) is 3.32. The Balaban J connectivity index is 1.43. The fourth-order valence-corrected chi connectivity index (χ4v) is 5.46. The van der Waals surface area contributed by atoms with Gasteiger partial charge < -0.3 is 4.90 Å². The van der Waals surface area contributed by atoms with Gasteiger partial charge in [0.2, 0.25) is 10.0 Å². The van der Waals surface area contributed by atoms with E-state index in [0.29, 0.717) is 32.0 Å². The number of nitrogens with zero attached hydrogens (tertiary/aromatic N) is 3. The molecule has 1 aliphatic heterocycles. The van der Waals surface area contributed by atoms with E-state index >= 15 is 0 Å². The average Bonchev–Trinajstić information content (AvgIpc) is 2.73. The van der Waals surface area contributed by atoms with E-state index in [1.165, 1.54) is 11.6 Å². The average molecular weight is 440 g/mol. The number of rotatable bonds is 4. The summed E-state index contributed by atoms with van der Waals surface area (Å²) in [7, 11) is -4.03. The minimum Gasteiger partial charge on any atom is -0.356 e. The van der Waals surface area contributed by atoms with Gasteiger partial charge in [-0.05, 0) is 56.7 Å². The molecule has 1 aromatic carbocycles. The van der Waals surface area contributed by atoms with Crippen LogP contribution in [-0.2, 0) is 29.0 Å². The lowest BCUT2D eigenvalue weighted by molar-refractivity contribution is -0.137. The zero-order valence-corrected chi connectivity index (χ0v) is 17.1. The van der Waals surface area contributed by atoms with Gasteiger partial charge in [-0.25, -0.2) is 23.1 Å². The molecule has 1 N–H and O–H groups in total. The summed E-state index contributed by atoms with van der Waals surface area (Å²) < 4.78 is 66.5. The van der Waals surface area contributed by atoms with Gasteiger partial charge in [-0.1, -0.05) is 6.07 Å². The summed E-state index contributed by atoms with van der Waals surface area (Å²) >= 11 is 0. The first-order chi connectivity index (χ1) is 14.2. The molecule has 162 valence electrons. The van der Waals surface area contributed by atoms with Crippen molar-refractivity contribution >= 4 is 15.8 Å². The summed E-state index contributed by atoms with van der Waals surface area (Å²) in [5.74, 6) is 0.930. The van der Waals surface area contributed by atoms with Crippen molar-refractivity contribution in [1.29, 1.82) is 0 Å². The number of hydrogen-bond acceptors (Lipinski definition) is 5. The van der Waals surface area contributed by atoms with Crippen molar-refractivity contribution in [2.45, 2.75) is 55.6 Å². The Bertz CT molecular complexity index is 1020. The van der Waals surface area contributed by atoms with Crippen molar-refractivity contribution < 1.29 is 21.6 Å². The van der Waals surface area contributed by atoms with Crippen molar-refractivity contribution in [2.75, 3.05) is 18.0 Å². The molecule has 0 amide bonds. The second-order valence-electron chi connectivity index (χ2n) is 7.74. The Morgan fingerprint density at radius 1 is 1.07 bits per heavy atom. The molecule has 0 saturated carbocycles. The highest BCUT2D eigenvalue weighted by Crippen LogP contribution is 2.31. The van der Waals surface area contributed by atoms with Gasteiger partial charge in [0.25, 0.3) is 0 Å². The van der Waals surface area contributed by atoms with E-state index < -0.39 is 21.8 Å². The Hall–Kier alpha value is -2.20. The van der Waals surface area contributed by atoms with E-state index in [1.807, 2.05) is 0 Å². The van der Waals surface area contributed by atoms with Crippen molar-refractivity contribution in [3.8, 4) is 0 Å². The minimum atomic E-state index is -4.59. The third-order valence-corrected chi connectivity index (χ3v) is 7.21. The first-order valence-corrected chi connectivity index (χ1v) is 11.5. The van der Waals surface area contributed by atoms with Crippen LogP contribution in [0.5, 0.6) is 0 Å². The lowest BCUT2D eigenvalue weighted by Crippen LogP contribution is -2.45. The summed E-state index contributed by atoms with van der Waals surface area (Å²) in [6, 6.07) is 3.49. The number of hydrogen-bond donors (Lipinski definition) is 1. The number of anilines is 1. The molecule has 2 aliphatic rings. The summed E-state index contributed by atoms with van der Waals surface area (Å²) in [5, 5.41) is 0. The molecule has 0 radical (unpaired) electrons. The molecule has 10 heteroatoms. The summed E-state index contributed by atoms with van der Waals surface area (Å²) in [4.78, 5) is 10.6. The number of aromatic nitrogens is 2. The van der Waals surface area contributed by atoms with Gasteiger partial charge in [0, 0.05) is 30.4 Å². The zero-order chi connectivity index (χ0) is 21.4. The fourth-order valence-electron chi connectivity index (χ4n) is 4.11. The first kappa shape index (κ1) is 21.0. The largest absolute Gasteiger partial charge is 0.416 e. The number of alkyl halides is 3. The third kappa shape index (κ3) is 4.44. The lowest BCUT2D eigenvalue weighted by Gasteiger charge is -2.34. The highest BCUT2D eigenvalue weighted by Gasteiger charge is 2.32. The van der Waals surface area contributed by atoms with Crippen LogP contribution in [0.1, 0.15) is 42.5 Å². The Labute approximate surface area is 173 Å².